The van der Waals surface area contributed by atoms with E-state index in [1.165, 1.54) is 0 Å². The van der Waals surface area contributed by atoms with Gasteiger partial charge in [-0.15, -0.1) is 0 Å². The fourth-order valence-corrected chi connectivity index (χ4v) is 4.48. The molecule has 6 heteroatoms. The quantitative estimate of drug-likeness (QED) is 0.555. The summed E-state index contributed by atoms with van der Waals surface area (Å²) in [6, 6.07) is 8.07. The zero-order chi connectivity index (χ0) is 19.4. The minimum atomic E-state index is -0.267. The Morgan fingerprint density at radius 3 is 2.68 bits per heavy atom. The van der Waals surface area contributed by atoms with Gasteiger partial charge in [0.1, 0.15) is 17.0 Å². The number of fused-ring (bicyclic) bond motifs is 2. The van der Waals surface area contributed by atoms with Gasteiger partial charge in [-0.1, -0.05) is 0 Å². The van der Waals surface area contributed by atoms with Crippen molar-refractivity contribution >= 4 is 22.1 Å². The highest BCUT2D eigenvalue weighted by Gasteiger charge is 2.23. The number of nitrogens with one attached hydrogen (secondary N) is 1. The second-order valence-corrected chi connectivity index (χ2v) is 7.94. The second kappa shape index (κ2) is 6.41. The van der Waals surface area contributed by atoms with Gasteiger partial charge >= 0.3 is 0 Å². The van der Waals surface area contributed by atoms with Crippen LogP contribution in [0.2, 0.25) is 0 Å². The first-order valence-corrected chi connectivity index (χ1v) is 9.83. The molecule has 0 spiro atoms. The second-order valence-electron chi connectivity index (χ2n) is 7.94. The van der Waals surface area contributed by atoms with E-state index in [1.54, 1.807) is 6.07 Å². The monoisotopic (exact) mass is 377 g/mol. The number of hydrogen-bond acceptors (Lipinski definition) is 3. The summed E-state index contributed by atoms with van der Waals surface area (Å²) in [5.41, 5.74) is 4.97. The molecule has 3 aromatic heterocycles. The Bertz CT molecular complexity index is 1180. The number of nitrogens with zero attached hydrogens (tertiary/aromatic N) is 4. The maximum absolute atomic E-state index is 15.0. The molecule has 0 radical (unpaired) electrons. The SMILES string of the molecule is Cc1ccc2c(-c3cc(F)c4nc(C)n(C5CCN(C)CC5)c4c3)c[nH]c2n1. The molecule has 1 aliphatic heterocycles. The van der Waals surface area contributed by atoms with Crippen LogP contribution in [0.5, 0.6) is 0 Å². The number of rotatable bonds is 2. The van der Waals surface area contributed by atoms with Crippen LogP contribution >= 0.6 is 0 Å². The molecule has 0 bridgehead atoms. The van der Waals surface area contributed by atoms with Gasteiger partial charge in [0, 0.05) is 28.9 Å². The molecular formula is C22H24FN5. The van der Waals surface area contributed by atoms with Crippen LogP contribution in [0.1, 0.15) is 30.4 Å². The van der Waals surface area contributed by atoms with Crippen LogP contribution in [0.25, 0.3) is 33.2 Å². The lowest BCUT2D eigenvalue weighted by molar-refractivity contribution is 0.222. The van der Waals surface area contributed by atoms with E-state index in [1.807, 2.05) is 32.2 Å². The van der Waals surface area contributed by atoms with Gasteiger partial charge in [-0.3, -0.25) is 0 Å². The van der Waals surface area contributed by atoms with Gasteiger partial charge in [0.05, 0.1) is 5.52 Å². The lowest BCUT2D eigenvalue weighted by Gasteiger charge is -2.30. The maximum atomic E-state index is 15.0. The lowest BCUT2D eigenvalue weighted by atomic mass is 10.0. The van der Waals surface area contributed by atoms with E-state index in [0.29, 0.717) is 11.6 Å². The van der Waals surface area contributed by atoms with Crippen LogP contribution in [0.4, 0.5) is 4.39 Å². The standard InChI is InChI=1S/C22H24FN5/c1-13-4-5-17-18(12-24-22(17)25-13)15-10-19(23)21-20(11-15)28(14(2)26-21)16-6-8-27(3)9-7-16/h4-5,10-12,16H,6-9H2,1-3H3,(H,24,25). The minimum absolute atomic E-state index is 0.267. The third-order valence-electron chi connectivity index (χ3n) is 5.97. The van der Waals surface area contributed by atoms with E-state index in [4.69, 9.17) is 0 Å². The smallest absolute Gasteiger partial charge is 0.151 e. The Morgan fingerprint density at radius 2 is 1.89 bits per heavy atom. The van der Waals surface area contributed by atoms with Crippen LogP contribution in [0, 0.1) is 19.7 Å². The molecular weight excluding hydrogens is 353 g/mol. The number of benzene rings is 1. The van der Waals surface area contributed by atoms with E-state index in [-0.39, 0.29) is 5.82 Å². The first-order valence-electron chi connectivity index (χ1n) is 9.83. The molecule has 0 amide bonds. The summed E-state index contributed by atoms with van der Waals surface area (Å²) in [6.07, 6.45) is 4.04. The van der Waals surface area contributed by atoms with E-state index in [0.717, 1.165) is 65.1 Å². The molecule has 0 saturated carbocycles. The molecule has 0 atom stereocenters. The molecule has 1 aromatic carbocycles. The number of imidazole rings is 1. The van der Waals surface area contributed by atoms with Gasteiger partial charge in [-0.05, 0) is 76.7 Å². The molecule has 1 saturated heterocycles. The Kier molecular flexibility index (Phi) is 3.98. The number of pyridine rings is 1. The number of piperidine rings is 1. The summed E-state index contributed by atoms with van der Waals surface area (Å²) >= 11 is 0. The highest BCUT2D eigenvalue weighted by Crippen LogP contribution is 2.34. The zero-order valence-electron chi connectivity index (χ0n) is 16.5. The number of likely N-dealkylation sites (tertiary alicyclic amines) is 1. The number of H-pyrrole nitrogens is 1. The summed E-state index contributed by atoms with van der Waals surface area (Å²) in [6.45, 7) is 6.06. The molecule has 4 heterocycles. The van der Waals surface area contributed by atoms with Crippen molar-refractivity contribution < 1.29 is 4.39 Å². The predicted octanol–water partition coefficient (Wildman–Crippen LogP) is 4.60. The molecule has 0 aliphatic carbocycles. The number of aromatic nitrogens is 4. The molecule has 5 rings (SSSR count). The summed E-state index contributed by atoms with van der Waals surface area (Å²) in [5, 5.41) is 1.01. The number of aromatic amines is 1. The average Bonchev–Trinajstić information content (AvgIpc) is 3.23. The van der Waals surface area contributed by atoms with Crippen molar-refractivity contribution in [1.82, 2.24) is 24.4 Å². The van der Waals surface area contributed by atoms with Gasteiger partial charge in [0.25, 0.3) is 0 Å². The van der Waals surface area contributed by atoms with Crippen molar-refractivity contribution in [3.05, 3.63) is 47.8 Å². The highest BCUT2D eigenvalue weighted by molar-refractivity contribution is 5.96. The van der Waals surface area contributed by atoms with Crippen LogP contribution in [-0.2, 0) is 0 Å². The van der Waals surface area contributed by atoms with Crippen molar-refractivity contribution in [3.63, 3.8) is 0 Å². The molecule has 1 N–H and O–H groups in total. The molecule has 1 fully saturated rings. The average molecular weight is 377 g/mol. The van der Waals surface area contributed by atoms with Gasteiger partial charge in [0.15, 0.2) is 5.82 Å². The maximum Gasteiger partial charge on any atom is 0.151 e. The first-order chi connectivity index (χ1) is 13.5. The van der Waals surface area contributed by atoms with Gasteiger partial charge < -0.3 is 14.5 Å². The number of halogens is 1. The van der Waals surface area contributed by atoms with Gasteiger partial charge in [0.2, 0.25) is 0 Å². The summed E-state index contributed by atoms with van der Waals surface area (Å²) in [7, 11) is 2.15. The fraction of sp³-hybridized carbons (Fsp3) is 0.364. The van der Waals surface area contributed by atoms with E-state index in [2.05, 4.69) is 37.5 Å². The van der Waals surface area contributed by atoms with Crippen LogP contribution < -0.4 is 0 Å². The lowest BCUT2D eigenvalue weighted by Crippen LogP contribution is -2.31. The molecule has 1 aliphatic rings. The number of aryl methyl sites for hydroxylation is 2. The van der Waals surface area contributed by atoms with E-state index >= 15 is 4.39 Å². The van der Waals surface area contributed by atoms with Gasteiger partial charge in [-0.25, -0.2) is 14.4 Å². The van der Waals surface area contributed by atoms with E-state index < -0.39 is 0 Å². The Labute approximate surface area is 163 Å². The largest absolute Gasteiger partial charge is 0.346 e. The summed E-state index contributed by atoms with van der Waals surface area (Å²) < 4.78 is 17.3. The minimum Gasteiger partial charge on any atom is -0.346 e. The third kappa shape index (κ3) is 2.71. The van der Waals surface area contributed by atoms with Crippen molar-refractivity contribution in [2.75, 3.05) is 20.1 Å². The predicted molar refractivity (Wildman–Crippen MR) is 110 cm³/mol. The first kappa shape index (κ1) is 17.4. The van der Waals surface area contributed by atoms with E-state index in [9.17, 15) is 0 Å². The zero-order valence-corrected chi connectivity index (χ0v) is 16.5. The Morgan fingerprint density at radius 1 is 1.11 bits per heavy atom. The Hall–Kier alpha value is -2.73. The van der Waals surface area contributed by atoms with Crippen molar-refractivity contribution in [2.45, 2.75) is 32.7 Å². The third-order valence-corrected chi connectivity index (χ3v) is 5.97. The summed E-state index contributed by atoms with van der Waals surface area (Å²) in [5.74, 6) is 0.619. The highest BCUT2D eigenvalue weighted by atomic mass is 19.1. The topological polar surface area (TPSA) is 49.7 Å². The number of hydrogen-bond donors (Lipinski definition) is 1. The summed E-state index contributed by atoms with van der Waals surface area (Å²) in [4.78, 5) is 14.7. The van der Waals surface area contributed by atoms with Crippen LogP contribution in [0.15, 0.2) is 30.5 Å². The fourth-order valence-electron chi connectivity index (χ4n) is 4.48. The van der Waals surface area contributed by atoms with Gasteiger partial charge in [-0.2, -0.15) is 0 Å². The molecule has 0 unspecified atom stereocenters. The molecule has 28 heavy (non-hydrogen) atoms. The molecule has 4 aromatic rings. The molecule has 5 nitrogen and oxygen atoms in total. The molecule has 144 valence electrons. The normalized spacial score (nSPS) is 16.4. The Balaban J connectivity index is 1.68. The van der Waals surface area contributed by atoms with Crippen molar-refractivity contribution in [1.29, 1.82) is 0 Å². The van der Waals surface area contributed by atoms with Crippen molar-refractivity contribution in [2.24, 2.45) is 0 Å². The van der Waals surface area contributed by atoms with Crippen molar-refractivity contribution in [3.8, 4) is 11.1 Å². The van der Waals surface area contributed by atoms with Crippen LogP contribution in [-0.4, -0.2) is 44.6 Å². The van der Waals surface area contributed by atoms with Crippen LogP contribution in [0.3, 0.4) is 0 Å².